The summed E-state index contributed by atoms with van der Waals surface area (Å²) in [5.41, 5.74) is 2.45. The van der Waals surface area contributed by atoms with Gasteiger partial charge in [-0.2, -0.15) is 4.72 Å². The monoisotopic (exact) mass is 560 g/mol. The summed E-state index contributed by atoms with van der Waals surface area (Å²) >= 11 is 6.65. The summed E-state index contributed by atoms with van der Waals surface area (Å²) < 4.78 is 29.9. The van der Waals surface area contributed by atoms with Gasteiger partial charge in [0.15, 0.2) is 0 Å². The highest BCUT2D eigenvalue weighted by molar-refractivity contribution is 9.11. The third kappa shape index (κ3) is 6.37. The van der Waals surface area contributed by atoms with Crippen molar-refractivity contribution in [3.05, 3.63) is 56.0 Å². The van der Waals surface area contributed by atoms with E-state index in [2.05, 4.69) is 41.9 Å². The van der Waals surface area contributed by atoms with Crippen molar-refractivity contribution in [1.29, 1.82) is 0 Å². The molecule has 0 aromatic heterocycles. The standard InChI is InChI=1S/C20H22Br2N2O5S/c1-11-8-12(2)19(13(3)9-11)30(28,29)24-17(6-7-18(25)26)20(27)23-16-5-4-14(21)10-15(16)22/h4-5,8-10,17,24H,6-7H2,1-3H3,(H,23,27)(H,25,26)/t17-/m1/s1. The van der Waals surface area contributed by atoms with Crippen molar-refractivity contribution in [3.8, 4) is 0 Å². The molecule has 2 rings (SSSR count). The summed E-state index contributed by atoms with van der Waals surface area (Å²) in [4.78, 5) is 24.0. The summed E-state index contributed by atoms with van der Waals surface area (Å²) in [6.45, 7) is 5.22. The van der Waals surface area contributed by atoms with Crippen LogP contribution in [-0.4, -0.2) is 31.4 Å². The molecule has 0 radical (unpaired) electrons. The molecule has 0 spiro atoms. The fourth-order valence-corrected chi connectivity index (χ4v) is 5.99. The van der Waals surface area contributed by atoms with Gasteiger partial charge >= 0.3 is 5.97 Å². The Hall–Kier alpha value is -1.75. The van der Waals surface area contributed by atoms with Crippen LogP contribution in [0.5, 0.6) is 0 Å². The van der Waals surface area contributed by atoms with Gasteiger partial charge in [0.2, 0.25) is 15.9 Å². The second-order valence-electron chi connectivity index (χ2n) is 6.95. The number of hydrogen-bond donors (Lipinski definition) is 3. The number of carboxylic acids is 1. The van der Waals surface area contributed by atoms with Gasteiger partial charge in [-0.3, -0.25) is 9.59 Å². The van der Waals surface area contributed by atoms with E-state index in [1.807, 2.05) is 6.92 Å². The number of carboxylic acid groups (broad SMARTS) is 1. The lowest BCUT2D eigenvalue weighted by molar-refractivity contribution is -0.137. The van der Waals surface area contributed by atoms with Crippen LogP contribution < -0.4 is 10.0 Å². The number of aryl methyl sites for hydroxylation is 3. The lowest BCUT2D eigenvalue weighted by atomic mass is 10.1. The molecule has 30 heavy (non-hydrogen) atoms. The van der Waals surface area contributed by atoms with Crippen LogP contribution in [0, 0.1) is 20.8 Å². The number of nitrogens with one attached hydrogen (secondary N) is 2. The SMILES string of the molecule is Cc1cc(C)c(S(=O)(=O)N[C@H](CCC(=O)O)C(=O)Nc2ccc(Br)cc2Br)c(C)c1. The van der Waals surface area contributed by atoms with Crippen LogP contribution in [0.4, 0.5) is 5.69 Å². The molecular weight excluding hydrogens is 540 g/mol. The number of benzene rings is 2. The van der Waals surface area contributed by atoms with Crippen LogP contribution in [0.3, 0.4) is 0 Å². The first-order valence-electron chi connectivity index (χ1n) is 8.98. The van der Waals surface area contributed by atoms with Gasteiger partial charge in [0.05, 0.1) is 10.6 Å². The molecule has 162 valence electrons. The molecule has 2 aromatic rings. The van der Waals surface area contributed by atoms with Crippen molar-refractivity contribution in [1.82, 2.24) is 4.72 Å². The van der Waals surface area contributed by atoms with E-state index < -0.39 is 27.9 Å². The molecule has 0 aliphatic heterocycles. The van der Waals surface area contributed by atoms with Crippen LogP contribution in [0.25, 0.3) is 0 Å². The summed E-state index contributed by atoms with van der Waals surface area (Å²) in [7, 11) is -4.06. The minimum absolute atomic E-state index is 0.0889. The molecule has 3 N–H and O–H groups in total. The van der Waals surface area contributed by atoms with E-state index in [9.17, 15) is 18.0 Å². The summed E-state index contributed by atoms with van der Waals surface area (Å²) in [5, 5.41) is 11.7. The van der Waals surface area contributed by atoms with Crippen molar-refractivity contribution in [2.75, 3.05) is 5.32 Å². The molecule has 0 bridgehead atoms. The minimum Gasteiger partial charge on any atom is -0.481 e. The second-order valence-corrected chi connectivity index (χ2v) is 10.4. The maximum atomic E-state index is 13.1. The average molecular weight is 562 g/mol. The average Bonchev–Trinajstić information content (AvgIpc) is 2.59. The van der Waals surface area contributed by atoms with Gasteiger partial charge in [0.25, 0.3) is 0 Å². The largest absolute Gasteiger partial charge is 0.481 e. The lowest BCUT2D eigenvalue weighted by Gasteiger charge is -2.20. The molecule has 0 aliphatic rings. The summed E-state index contributed by atoms with van der Waals surface area (Å²) in [6, 6.07) is 7.31. The number of halogens is 2. The maximum absolute atomic E-state index is 13.1. The Kier molecular flexibility index (Phi) is 8.20. The highest BCUT2D eigenvalue weighted by atomic mass is 79.9. The predicted molar refractivity (Wildman–Crippen MR) is 122 cm³/mol. The molecule has 0 unspecified atom stereocenters. The Morgan fingerprint density at radius 3 is 2.20 bits per heavy atom. The zero-order valence-corrected chi connectivity index (χ0v) is 20.6. The topological polar surface area (TPSA) is 113 Å². The minimum atomic E-state index is -4.06. The van der Waals surface area contributed by atoms with Crippen molar-refractivity contribution >= 4 is 59.4 Å². The zero-order valence-electron chi connectivity index (χ0n) is 16.6. The number of aliphatic carboxylic acids is 1. The number of hydrogen-bond acceptors (Lipinski definition) is 4. The van der Waals surface area contributed by atoms with Gasteiger partial charge in [0.1, 0.15) is 6.04 Å². The van der Waals surface area contributed by atoms with Crippen molar-refractivity contribution in [2.45, 2.75) is 44.6 Å². The number of rotatable bonds is 8. The Bertz CT molecular complexity index is 1060. The van der Waals surface area contributed by atoms with E-state index in [0.717, 1.165) is 10.0 Å². The third-order valence-electron chi connectivity index (χ3n) is 4.32. The molecule has 0 heterocycles. The van der Waals surface area contributed by atoms with Crippen LogP contribution in [0.15, 0.2) is 44.2 Å². The highest BCUT2D eigenvalue weighted by Gasteiger charge is 2.29. The molecule has 0 fully saturated rings. The van der Waals surface area contributed by atoms with E-state index in [-0.39, 0.29) is 17.7 Å². The van der Waals surface area contributed by atoms with Gasteiger partial charge in [-0.15, -0.1) is 0 Å². The molecule has 1 amide bonds. The predicted octanol–water partition coefficient (Wildman–Crippen LogP) is 4.29. The normalized spacial score (nSPS) is 12.4. The van der Waals surface area contributed by atoms with Crippen molar-refractivity contribution in [2.24, 2.45) is 0 Å². The highest BCUT2D eigenvalue weighted by Crippen LogP contribution is 2.27. The van der Waals surface area contributed by atoms with Crippen molar-refractivity contribution < 1.29 is 23.1 Å². The molecule has 7 nitrogen and oxygen atoms in total. The van der Waals surface area contributed by atoms with E-state index in [1.165, 1.54) is 0 Å². The molecular formula is C20H22Br2N2O5S. The number of anilines is 1. The van der Waals surface area contributed by atoms with Crippen LogP contribution in [0.2, 0.25) is 0 Å². The maximum Gasteiger partial charge on any atom is 0.303 e. The molecule has 0 aliphatic carbocycles. The Balaban J connectivity index is 2.34. The first-order valence-corrected chi connectivity index (χ1v) is 12.1. The zero-order chi connectivity index (χ0) is 22.6. The second kappa shape index (κ2) is 10.0. The van der Waals surface area contributed by atoms with E-state index in [4.69, 9.17) is 5.11 Å². The fourth-order valence-electron chi connectivity index (χ4n) is 3.16. The van der Waals surface area contributed by atoms with Gasteiger partial charge in [0, 0.05) is 15.4 Å². The molecule has 0 saturated carbocycles. The Labute approximate surface area is 192 Å². The smallest absolute Gasteiger partial charge is 0.303 e. The quantitative estimate of drug-likeness (QED) is 0.445. The first kappa shape index (κ1) is 24.5. The van der Waals surface area contributed by atoms with Gasteiger partial charge in [-0.1, -0.05) is 33.6 Å². The number of carbonyl (C=O) groups excluding carboxylic acids is 1. The van der Waals surface area contributed by atoms with Gasteiger partial charge in [-0.25, -0.2) is 8.42 Å². The third-order valence-corrected chi connectivity index (χ3v) is 7.25. The fraction of sp³-hybridized carbons (Fsp3) is 0.300. The lowest BCUT2D eigenvalue weighted by Crippen LogP contribution is -2.44. The van der Waals surface area contributed by atoms with E-state index >= 15 is 0 Å². The number of amides is 1. The molecule has 0 saturated heterocycles. The van der Waals surface area contributed by atoms with Gasteiger partial charge in [-0.05, 0) is 72.4 Å². The molecule has 10 heteroatoms. The first-order chi connectivity index (χ1) is 13.9. The van der Waals surface area contributed by atoms with E-state index in [0.29, 0.717) is 21.3 Å². The Morgan fingerprint density at radius 2 is 1.67 bits per heavy atom. The summed E-state index contributed by atoms with van der Waals surface area (Å²) in [6.07, 6.45) is -0.563. The van der Waals surface area contributed by atoms with E-state index in [1.54, 1.807) is 44.2 Å². The Morgan fingerprint density at radius 1 is 1.07 bits per heavy atom. The van der Waals surface area contributed by atoms with Crippen LogP contribution in [0.1, 0.15) is 29.5 Å². The van der Waals surface area contributed by atoms with Crippen molar-refractivity contribution in [3.63, 3.8) is 0 Å². The summed E-state index contributed by atoms with van der Waals surface area (Å²) in [5.74, 6) is -1.77. The van der Waals surface area contributed by atoms with Crippen LogP contribution >= 0.6 is 31.9 Å². The van der Waals surface area contributed by atoms with Crippen LogP contribution in [-0.2, 0) is 19.6 Å². The van der Waals surface area contributed by atoms with Gasteiger partial charge < -0.3 is 10.4 Å². The molecule has 1 atom stereocenters. The number of sulfonamides is 1. The number of carbonyl (C=O) groups is 2. The molecule has 2 aromatic carbocycles.